The fourth-order valence-corrected chi connectivity index (χ4v) is 3.75. The molecule has 3 nitrogen and oxygen atoms in total. The van der Waals surface area contributed by atoms with Crippen molar-refractivity contribution in [2.75, 3.05) is 13.1 Å². The van der Waals surface area contributed by atoms with Gasteiger partial charge in [-0.05, 0) is 51.0 Å². The van der Waals surface area contributed by atoms with Crippen molar-refractivity contribution in [2.45, 2.75) is 58.9 Å². The molecule has 1 aliphatic carbocycles. The number of hydrogen-bond acceptors (Lipinski definition) is 2. The van der Waals surface area contributed by atoms with Crippen molar-refractivity contribution in [3.8, 4) is 0 Å². The first-order chi connectivity index (χ1) is 8.42. The smallest absolute Gasteiger partial charge is 0.310 e. The van der Waals surface area contributed by atoms with E-state index < -0.39 is 11.4 Å². The monoisotopic (exact) mass is 253 g/mol. The van der Waals surface area contributed by atoms with Crippen molar-refractivity contribution < 1.29 is 9.90 Å². The van der Waals surface area contributed by atoms with Crippen LogP contribution in [0.25, 0.3) is 0 Å². The molecule has 0 spiro atoms. The molecule has 0 radical (unpaired) electrons. The Hall–Kier alpha value is -0.570. The molecule has 0 aromatic rings. The summed E-state index contributed by atoms with van der Waals surface area (Å²) < 4.78 is 0. The number of hydrogen-bond donors (Lipinski definition) is 1. The van der Waals surface area contributed by atoms with Crippen molar-refractivity contribution in [3.05, 3.63) is 0 Å². The van der Waals surface area contributed by atoms with E-state index in [4.69, 9.17) is 0 Å². The average molecular weight is 253 g/mol. The molecule has 2 fully saturated rings. The largest absolute Gasteiger partial charge is 0.481 e. The molecule has 1 heterocycles. The lowest BCUT2D eigenvalue weighted by atomic mass is 9.76. The van der Waals surface area contributed by atoms with E-state index in [-0.39, 0.29) is 0 Å². The number of likely N-dealkylation sites (tertiary alicyclic amines) is 1. The Bertz CT molecular complexity index is 318. The maximum Gasteiger partial charge on any atom is 0.310 e. The fraction of sp³-hybridized carbons (Fsp3) is 0.933. The number of carboxylic acids is 1. The van der Waals surface area contributed by atoms with Gasteiger partial charge in [0.05, 0.1) is 5.41 Å². The molecule has 0 aromatic carbocycles. The maximum atomic E-state index is 11.4. The molecule has 2 rings (SSSR count). The summed E-state index contributed by atoms with van der Waals surface area (Å²) in [6.45, 7) is 8.41. The van der Waals surface area contributed by atoms with Gasteiger partial charge >= 0.3 is 5.97 Å². The zero-order valence-electron chi connectivity index (χ0n) is 12.0. The van der Waals surface area contributed by atoms with Crippen LogP contribution >= 0.6 is 0 Å². The SMILES string of the molecule is CC1CCC(C)C(N2CCCC(C)(C(=O)O)C2)C1. The van der Waals surface area contributed by atoms with Crippen molar-refractivity contribution >= 4 is 5.97 Å². The first kappa shape index (κ1) is 13.9. The number of aliphatic carboxylic acids is 1. The summed E-state index contributed by atoms with van der Waals surface area (Å²) in [5.41, 5.74) is -0.529. The van der Waals surface area contributed by atoms with E-state index in [9.17, 15) is 9.90 Å². The Morgan fingerprint density at radius 2 is 2.06 bits per heavy atom. The van der Waals surface area contributed by atoms with E-state index in [0.29, 0.717) is 6.04 Å². The number of piperidine rings is 1. The standard InChI is InChI=1S/C15H27NO2/c1-11-5-6-12(2)13(9-11)16-8-4-7-15(3,10-16)14(17)18/h11-13H,4-10H2,1-3H3,(H,17,18). The van der Waals surface area contributed by atoms with Crippen molar-refractivity contribution in [2.24, 2.45) is 17.3 Å². The van der Waals surface area contributed by atoms with Gasteiger partial charge in [-0.3, -0.25) is 9.69 Å². The minimum atomic E-state index is -0.622. The van der Waals surface area contributed by atoms with Crippen molar-refractivity contribution in [1.82, 2.24) is 4.90 Å². The minimum Gasteiger partial charge on any atom is -0.481 e. The van der Waals surface area contributed by atoms with Gasteiger partial charge in [0.2, 0.25) is 0 Å². The van der Waals surface area contributed by atoms with Gasteiger partial charge in [0, 0.05) is 12.6 Å². The molecule has 0 amide bonds. The molecule has 18 heavy (non-hydrogen) atoms. The second-order valence-corrected chi connectivity index (χ2v) is 6.90. The van der Waals surface area contributed by atoms with Gasteiger partial charge in [-0.15, -0.1) is 0 Å². The highest BCUT2D eigenvalue weighted by molar-refractivity contribution is 5.74. The quantitative estimate of drug-likeness (QED) is 0.822. The van der Waals surface area contributed by atoms with E-state index in [0.717, 1.165) is 37.8 Å². The molecule has 1 saturated carbocycles. The second kappa shape index (κ2) is 5.20. The van der Waals surface area contributed by atoms with Crippen LogP contribution in [0.15, 0.2) is 0 Å². The Kier molecular flexibility index (Phi) is 4.00. The zero-order chi connectivity index (χ0) is 13.3. The van der Waals surface area contributed by atoms with Crippen LogP contribution in [0.1, 0.15) is 52.9 Å². The summed E-state index contributed by atoms with van der Waals surface area (Å²) in [4.78, 5) is 13.9. The summed E-state index contributed by atoms with van der Waals surface area (Å²) in [6.07, 6.45) is 5.74. The van der Waals surface area contributed by atoms with Gasteiger partial charge in [-0.1, -0.05) is 20.3 Å². The van der Waals surface area contributed by atoms with Gasteiger partial charge < -0.3 is 5.11 Å². The molecular formula is C15H27NO2. The van der Waals surface area contributed by atoms with Crippen LogP contribution in [-0.4, -0.2) is 35.1 Å². The van der Waals surface area contributed by atoms with Gasteiger partial charge in [0.15, 0.2) is 0 Å². The van der Waals surface area contributed by atoms with E-state index in [2.05, 4.69) is 18.7 Å². The lowest BCUT2D eigenvalue weighted by Crippen LogP contribution is -2.53. The van der Waals surface area contributed by atoms with Crippen molar-refractivity contribution in [1.29, 1.82) is 0 Å². The van der Waals surface area contributed by atoms with Crippen LogP contribution in [0.5, 0.6) is 0 Å². The first-order valence-corrected chi connectivity index (χ1v) is 7.40. The number of carbonyl (C=O) groups is 1. The molecule has 1 N–H and O–H groups in total. The first-order valence-electron chi connectivity index (χ1n) is 7.40. The van der Waals surface area contributed by atoms with Crippen LogP contribution in [-0.2, 0) is 4.79 Å². The predicted octanol–water partition coefficient (Wildman–Crippen LogP) is 3.00. The Morgan fingerprint density at radius 1 is 1.33 bits per heavy atom. The third-order valence-electron chi connectivity index (χ3n) is 5.13. The Labute approximate surface area is 111 Å². The molecule has 1 saturated heterocycles. The Balaban J connectivity index is 2.06. The van der Waals surface area contributed by atoms with Gasteiger partial charge in [0.1, 0.15) is 0 Å². The Morgan fingerprint density at radius 3 is 2.72 bits per heavy atom. The van der Waals surface area contributed by atoms with Crippen LogP contribution in [0.4, 0.5) is 0 Å². The molecule has 4 atom stereocenters. The third kappa shape index (κ3) is 2.71. The summed E-state index contributed by atoms with van der Waals surface area (Å²) in [6, 6.07) is 0.604. The molecule has 2 aliphatic rings. The summed E-state index contributed by atoms with van der Waals surface area (Å²) in [7, 11) is 0. The highest BCUT2D eigenvalue weighted by Gasteiger charge is 2.41. The highest BCUT2D eigenvalue weighted by Crippen LogP contribution is 2.37. The van der Waals surface area contributed by atoms with E-state index in [1.807, 2.05) is 6.92 Å². The van der Waals surface area contributed by atoms with Crippen LogP contribution in [0.2, 0.25) is 0 Å². The van der Waals surface area contributed by atoms with Crippen molar-refractivity contribution in [3.63, 3.8) is 0 Å². The molecular weight excluding hydrogens is 226 g/mol. The number of nitrogens with zero attached hydrogens (tertiary/aromatic N) is 1. The zero-order valence-corrected chi connectivity index (χ0v) is 12.0. The molecule has 4 unspecified atom stereocenters. The van der Waals surface area contributed by atoms with Gasteiger partial charge in [-0.2, -0.15) is 0 Å². The topological polar surface area (TPSA) is 40.5 Å². The summed E-state index contributed by atoms with van der Waals surface area (Å²) in [5, 5.41) is 9.40. The van der Waals surface area contributed by atoms with Gasteiger partial charge in [-0.25, -0.2) is 0 Å². The number of carboxylic acid groups (broad SMARTS) is 1. The minimum absolute atomic E-state index is 0.529. The maximum absolute atomic E-state index is 11.4. The summed E-state index contributed by atoms with van der Waals surface area (Å²) >= 11 is 0. The average Bonchev–Trinajstić information content (AvgIpc) is 2.32. The lowest BCUT2D eigenvalue weighted by Gasteiger charge is -2.46. The number of rotatable bonds is 2. The van der Waals surface area contributed by atoms with Crippen LogP contribution < -0.4 is 0 Å². The molecule has 0 aromatic heterocycles. The second-order valence-electron chi connectivity index (χ2n) is 6.90. The summed E-state index contributed by atoms with van der Waals surface area (Å²) in [5.74, 6) is 0.894. The third-order valence-corrected chi connectivity index (χ3v) is 5.13. The molecule has 0 bridgehead atoms. The normalized spacial score (nSPS) is 42.7. The van der Waals surface area contributed by atoms with Crippen LogP contribution in [0, 0.1) is 17.3 Å². The molecule has 3 heteroatoms. The molecule has 1 aliphatic heterocycles. The highest BCUT2D eigenvalue weighted by atomic mass is 16.4. The van der Waals surface area contributed by atoms with E-state index in [1.165, 1.54) is 19.3 Å². The van der Waals surface area contributed by atoms with Gasteiger partial charge in [0.25, 0.3) is 0 Å². The lowest BCUT2D eigenvalue weighted by molar-refractivity contribution is -0.152. The predicted molar refractivity (Wildman–Crippen MR) is 72.5 cm³/mol. The van der Waals surface area contributed by atoms with E-state index in [1.54, 1.807) is 0 Å². The van der Waals surface area contributed by atoms with Crippen LogP contribution in [0.3, 0.4) is 0 Å². The fourth-order valence-electron chi connectivity index (χ4n) is 3.75. The molecule has 104 valence electrons. The van der Waals surface area contributed by atoms with E-state index >= 15 is 0 Å².